The van der Waals surface area contributed by atoms with Crippen molar-refractivity contribution in [2.75, 3.05) is 29.5 Å². The molecule has 1 aromatic rings. The highest BCUT2D eigenvalue weighted by molar-refractivity contribution is 7.91. The number of thiophene rings is 1. The number of Topliss-reactive ketones (excluding diaryl/α,β-unsaturated/α-hetero) is 1. The third-order valence-electron chi connectivity index (χ3n) is 3.08. The molecular weight excluding hydrogens is 304 g/mol. The molecule has 0 unspecified atom stereocenters. The Morgan fingerprint density at radius 1 is 1.40 bits per heavy atom. The fraction of sp³-hybridized carbons (Fsp3) is 0.545. The Hall–Kier alpha value is -1.48. The van der Waals surface area contributed by atoms with Crippen LogP contribution in [-0.2, 0) is 9.84 Å². The molecule has 1 aliphatic rings. The molecule has 9 heteroatoms. The molecule has 0 N–H and O–H groups in total. The summed E-state index contributed by atoms with van der Waals surface area (Å²) < 4.78 is 23.1. The summed E-state index contributed by atoms with van der Waals surface area (Å²) >= 11 is 1.05. The maximum absolute atomic E-state index is 11.6. The summed E-state index contributed by atoms with van der Waals surface area (Å²) in [7, 11) is -3.08. The topological polar surface area (TPSA) is 97.6 Å². The van der Waals surface area contributed by atoms with E-state index in [2.05, 4.69) is 0 Å². The van der Waals surface area contributed by atoms with Gasteiger partial charge in [-0.05, 0) is 13.3 Å². The Balaban J connectivity index is 2.36. The average molecular weight is 318 g/mol. The minimum atomic E-state index is -3.08. The van der Waals surface area contributed by atoms with Crippen molar-refractivity contribution in [2.45, 2.75) is 13.3 Å². The number of nitro groups is 1. The van der Waals surface area contributed by atoms with Crippen molar-refractivity contribution in [1.29, 1.82) is 0 Å². The van der Waals surface area contributed by atoms with E-state index in [4.69, 9.17) is 0 Å². The van der Waals surface area contributed by atoms with Crippen LogP contribution in [0.25, 0.3) is 0 Å². The lowest BCUT2D eigenvalue weighted by molar-refractivity contribution is -0.383. The van der Waals surface area contributed by atoms with E-state index in [9.17, 15) is 23.3 Å². The maximum Gasteiger partial charge on any atom is 0.304 e. The molecule has 1 aliphatic heterocycles. The first-order valence-electron chi connectivity index (χ1n) is 6.05. The Morgan fingerprint density at radius 2 is 2.10 bits per heavy atom. The van der Waals surface area contributed by atoms with Gasteiger partial charge in [-0.3, -0.25) is 14.9 Å². The molecule has 20 heavy (non-hydrogen) atoms. The van der Waals surface area contributed by atoms with E-state index < -0.39 is 14.8 Å². The lowest BCUT2D eigenvalue weighted by Gasteiger charge is -2.18. The van der Waals surface area contributed by atoms with Crippen molar-refractivity contribution < 1.29 is 18.1 Å². The Kier molecular flexibility index (Phi) is 4.09. The van der Waals surface area contributed by atoms with Gasteiger partial charge in [0.2, 0.25) is 0 Å². The lowest BCUT2D eigenvalue weighted by Crippen LogP contribution is -2.26. The van der Waals surface area contributed by atoms with Crippen LogP contribution in [0.4, 0.5) is 10.7 Å². The second-order valence-corrected chi connectivity index (χ2v) is 7.94. The zero-order valence-electron chi connectivity index (χ0n) is 10.9. The number of anilines is 1. The highest BCUT2D eigenvalue weighted by Crippen LogP contribution is 2.38. The van der Waals surface area contributed by atoms with Crippen molar-refractivity contribution >= 4 is 37.6 Å². The molecule has 0 saturated carbocycles. The molecule has 0 atom stereocenters. The Bertz CT molecular complexity index is 650. The molecule has 0 aliphatic carbocycles. The van der Waals surface area contributed by atoms with Gasteiger partial charge in [0, 0.05) is 19.2 Å². The standard InChI is InChI=1S/C11H14N2O5S2/c1-8(14)10-7-9(13(15)16)11(19-10)12-3-2-5-20(17,18)6-4-12/h7H,2-6H2,1H3. The van der Waals surface area contributed by atoms with Gasteiger partial charge in [-0.1, -0.05) is 0 Å². The molecule has 2 rings (SSSR count). The first kappa shape index (κ1) is 14.9. The van der Waals surface area contributed by atoms with Crippen LogP contribution in [0.1, 0.15) is 23.0 Å². The maximum atomic E-state index is 11.6. The van der Waals surface area contributed by atoms with Crippen LogP contribution in [0.15, 0.2) is 6.07 Å². The number of carbonyl (C=O) groups excluding carboxylic acids is 1. The predicted molar refractivity (Wildman–Crippen MR) is 76.5 cm³/mol. The Morgan fingerprint density at radius 3 is 2.70 bits per heavy atom. The molecule has 110 valence electrons. The highest BCUT2D eigenvalue weighted by atomic mass is 32.2. The number of hydrogen-bond acceptors (Lipinski definition) is 7. The van der Waals surface area contributed by atoms with E-state index in [1.54, 1.807) is 4.90 Å². The van der Waals surface area contributed by atoms with Crippen LogP contribution in [0.2, 0.25) is 0 Å². The molecule has 1 aromatic heterocycles. The summed E-state index contributed by atoms with van der Waals surface area (Å²) in [5.74, 6) is -0.147. The molecular formula is C11H14N2O5S2. The van der Waals surface area contributed by atoms with Gasteiger partial charge in [0.25, 0.3) is 0 Å². The number of carbonyl (C=O) groups is 1. The number of sulfone groups is 1. The second kappa shape index (κ2) is 5.49. The molecule has 0 bridgehead atoms. The van der Waals surface area contributed by atoms with Gasteiger partial charge >= 0.3 is 5.69 Å². The van der Waals surface area contributed by atoms with Crippen molar-refractivity contribution in [2.24, 2.45) is 0 Å². The smallest absolute Gasteiger partial charge is 0.304 e. The van der Waals surface area contributed by atoms with Crippen LogP contribution >= 0.6 is 11.3 Å². The molecule has 0 aromatic carbocycles. The third kappa shape index (κ3) is 3.15. The van der Waals surface area contributed by atoms with Crippen LogP contribution in [0.5, 0.6) is 0 Å². The highest BCUT2D eigenvalue weighted by Gasteiger charge is 2.28. The van der Waals surface area contributed by atoms with Gasteiger partial charge < -0.3 is 4.90 Å². The van der Waals surface area contributed by atoms with Gasteiger partial charge in [0.1, 0.15) is 0 Å². The molecule has 0 amide bonds. The third-order valence-corrected chi connectivity index (χ3v) is 6.08. The van der Waals surface area contributed by atoms with Gasteiger partial charge in [-0.25, -0.2) is 8.42 Å². The van der Waals surface area contributed by atoms with Crippen molar-refractivity contribution in [3.8, 4) is 0 Å². The van der Waals surface area contributed by atoms with E-state index >= 15 is 0 Å². The average Bonchev–Trinajstić information content (AvgIpc) is 2.71. The quantitative estimate of drug-likeness (QED) is 0.476. The molecule has 1 fully saturated rings. The summed E-state index contributed by atoms with van der Waals surface area (Å²) in [6.45, 7) is 2.02. The summed E-state index contributed by atoms with van der Waals surface area (Å²) in [6, 6.07) is 1.27. The largest absolute Gasteiger partial charge is 0.357 e. The zero-order valence-corrected chi connectivity index (χ0v) is 12.5. The monoisotopic (exact) mass is 318 g/mol. The molecule has 7 nitrogen and oxygen atoms in total. The summed E-state index contributed by atoms with van der Waals surface area (Å²) in [5.41, 5.74) is -0.125. The molecule has 0 spiro atoms. The van der Waals surface area contributed by atoms with E-state index in [0.29, 0.717) is 22.8 Å². The zero-order chi connectivity index (χ0) is 14.9. The predicted octanol–water partition coefficient (Wildman–Crippen LogP) is 1.48. The van der Waals surface area contributed by atoms with Crippen LogP contribution in [0, 0.1) is 10.1 Å². The van der Waals surface area contributed by atoms with Crippen molar-refractivity contribution in [1.82, 2.24) is 0 Å². The van der Waals surface area contributed by atoms with Crippen LogP contribution in [-0.4, -0.2) is 43.7 Å². The summed E-state index contributed by atoms with van der Waals surface area (Å²) in [6.07, 6.45) is 0.437. The van der Waals surface area contributed by atoms with Gasteiger partial charge in [0.05, 0.1) is 21.3 Å². The van der Waals surface area contributed by atoms with E-state index in [1.165, 1.54) is 13.0 Å². The normalized spacial score (nSPS) is 18.6. The molecule has 1 saturated heterocycles. The van der Waals surface area contributed by atoms with Crippen molar-refractivity contribution in [3.05, 3.63) is 21.1 Å². The van der Waals surface area contributed by atoms with Crippen molar-refractivity contribution in [3.63, 3.8) is 0 Å². The minimum absolute atomic E-state index is 0.0164. The van der Waals surface area contributed by atoms with E-state index in [-0.39, 0.29) is 29.5 Å². The summed E-state index contributed by atoms with van der Waals surface area (Å²) in [5, 5.41) is 11.4. The van der Waals surface area contributed by atoms with Crippen LogP contribution < -0.4 is 4.90 Å². The lowest BCUT2D eigenvalue weighted by atomic mass is 10.3. The Labute approximate surface area is 120 Å². The molecule has 0 radical (unpaired) electrons. The fourth-order valence-electron chi connectivity index (χ4n) is 2.04. The van der Waals surface area contributed by atoms with Crippen LogP contribution in [0.3, 0.4) is 0 Å². The fourth-order valence-corrected chi connectivity index (χ4v) is 4.39. The van der Waals surface area contributed by atoms with Gasteiger partial charge in [0.15, 0.2) is 20.6 Å². The summed E-state index contributed by atoms with van der Waals surface area (Å²) in [4.78, 5) is 23.9. The first-order chi connectivity index (χ1) is 9.30. The number of rotatable bonds is 3. The van der Waals surface area contributed by atoms with Gasteiger partial charge in [-0.2, -0.15) is 0 Å². The SMILES string of the molecule is CC(=O)c1cc([N+](=O)[O-])c(N2CCCS(=O)(=O)CC2)s1. The van der Waals surface area contributed by atoms with Gasteiger partial charge in [-0.15, -0.1) is 11.3 Å². The van der Waals surface area contributed by atoms with E-state index in [0.717, 1.165) is 11.3 Å². The second-order valence-electron chi connectivity index (χ2n) is 4.61. The number of ketones is 1. The number of nitrogens with zero attached hydrogens (tertiary/aromatic N) is 2. The first-order valence-corrected chi connectivity index (χ1v) is 8.68. The minimum Gasteiger partial charge on any atom is -0.357 e. The van der Waals surface area contributed by atoms with E-state index in [1.807, 2.05) is 0 Å². The number of hydrogen-bond donors (Lipinski definition) is 0. The molecule has 2 heterocycles.